The molecule has 1 aromatic carbocycles. The number of aliphatic hydroxyl groups is 1. The molecule has 1 fully saturated rings. The van der Waals surface area contributed by atoms with E-state index in [1.54, 1.807) is 23.5 Å². The van der Waals surface area contributed by atoms with Crippen molar-refractivity contribution >= 4 is 34.1 Å². The number of rotatable bonds is 5. The van der Waals surface area contributed by atoms with Gasteiger partial charge in [0, 0.05) is 25.5 Å². The van der Waals surface area contributed by atoms with Gasteiger partial charge in [-0.05, 0) is 19.1 Å². The molecule has 2 amide bonds. The van der Waals surface area contributed by atoms with Crippen molar-refractivity contribution in [2.24, 2.45) is 0 Å². The van der Waals surface area contributed by atoms with Gasteiger partial charge in [0.1, 0.15) is 11.0 Å². The molecule has 1 unspecified atom stereocenters. The van der Waals surface area contributed by atoms with E-state index in [9.17, 15) is 14.7 Å². The van der Waals surface area contributed by atoms with Crippen LogP contribution >= 0.6 is 11.3 Å². The summed E-state index contributed by atoms with van der Waals surface area (Å²) in [6.45, 7) is 3.18. The predicted molar refractivity (Wildman–Crippen MR) is 117 cm³/mol. The summed E-state index contributed by atoms with van der Waals surface area (Å²) in [5.41, 5.74) is 4.19. The van der Waals surface area contributed by atoms with Gasteiger partial charge >= 0.3 is 0 Å². The van der Waals surface area contributed by atoms with Crippen molar-refractivity contribution in [3.8, 4) is 0 Å². The monoisotopic (exact) mass is 440 g/mol. The molecule has 3 heterocycles. The number of hydrogen-bond donors (Lipinski definition) is 1. The summed E-state index contributed by atoms with van der Waals surface area (Å²) >= 11 is 1.34. The van der Waals surface area contributed by atoms with Gasteiger partial charge in [0.25, 0.3) is 11.8 Å². The molecular formula is C22H24N4O4S. The molecule has 1 aliphatic rings. The first kappa shape index (κ1) is 21.4. The Bertz CT molecular complexity index is 1120. The third-order valence-corrected chi connectivity index (χ3v) is 6.29. The number of nitrogens with zero attached hydrogens (tertiary/aromatic N) is 4. The van der Waals surface area contributed by atoms with Crippen LogP contribution in [0.15, 0.2) is 35.8 Å². The maximum Gasteiger partial charge on any atom is 0.266 e. The van der Waals surface area contributed by atoms with E-state index in [1.807, 2.05) is 31.2 Å². The zero-order valence-corrected chi connectivity index (χ0v) is 18.3. The van der Waals surface area contributed by atoms with Crippen molar-refractivity contribution < 1.29 is 19.4 Å². The van der Waals surface area contributed by atoms with E-state index in [-0.39, 0.29) is 25.0 Å². The number of pyridine rings is 1. The summed E-state index contributed by atoms with van der Waals surface area (Å²) in [4.78, 5) is 38.7. The second-order valence-corrected chi connectivity index (χ2v) is 8.29. The molecule has 162 valence electrons. The smallest absolute Gasteiger partial charge is 0.266 e. The third kappa shape index (κ3) is 4.30. The molecule has 0 radical (unpaired) electrons. The highest BCUT2D eigenvalue weighted by Crippen LogP contribution is 2.28. The molecule has 0 aliphatic carbocycles. The standard InChI is InChI=1S/C22H24N4O4S/c1-14-20(31-13-23-14)22(29)26-8-10-30-19(12-26)18-11-16(21(28)25(2)7-9-27)15-5-3-4-6-17(15)24-18/h3-6,11,13,19,27H,7-10,12H2,1-2H3. The van der Waals surface area contributed by atoms with E-state index in [0.717, 1.165) is 11.1 Å². The quantitative estimate of drug-likeness (QED) is 0.654. The van der Waals surface area contributed by atoms with Crippen LogP contribution in [-0.4, -0.2) is 76.6 Å². The minimum atomic E-state index is -0.440. The number of ether oxygens (including phenoxy) is 1. The van der Waals surface area contributed by atoms with Crippen molar-refractivity contribution in [2.45, 2.75) is 13.0 Å². The number of likely N-dealkylation sites (N-methyl/N-ethyl adjacent to an activating group) is 1. The van der Waals surface area contributed by atoms with Gasteiger partial charge in [-0.2, -0.15) is 0 Å². The number of morpholine rings is 1. The van der Waals surface area contributed by atoms with Gasteiger partial charge in [-0.25, -0.2) is 9.97 Å². The lowest BCUT2D eigenvalue weighted by Gasteiger charge is -2.32. The molecule has 1 aliphatic heterocycles. The number of aliphatic hydroxyl groups excluding tert-OH is 1. The number of hydrogen-bond acceptors (Lipinski definition) is 7. The van der Waals surface area contributed by atoms with Gasteiger partial charge in [-0.15, -0.1) is 11.3 Å². The number of carbonyl (C=O) groups is 2. The maximum atomic E-state index is 13.0. The van der Waals surface area contributed by atoms with Crippen LogP contribution in [0.4, 0.5) is 0 Å². The molecule has 0 saturated carbocycles. The van der Waals surface area contributed by atoms with Crippen molar-refractivity contribution in [2.75, 3.05) is 39.9 Å². The lowest BCUT2D eigenvalue weighted by atomic mass is 10.0. The van der Waals surface area contributed by atoms with Gasteiger partial charge in [0.2, 0.25) is 0 Å². The fourth-order valence-electron chi connectivity index (χ4n) is 3.66. The highest BCUT2D eigenvalue weighted by atomic mass is 32.1. The molecule has 2 aromatic heterocycles. The number of benzene rings is 1. The number of aryl methyl sites for hydroxylation is 1. The van der Waals surface area contributed by atoms with E-state index in [1.165, 1.54) is 16.2 Å². The van der Waals surface area contributed by atoms with E-state index in [2.05, 4.69) is 4.98 Å². The topological polar surface area (TPSA) is 95.9 Å². The first-order valence-corrected chi connectivity index (χ1v) is 10.9. The number of fused-ring (bicyclic) bond motifs is 1. The molecule has 1 atom stereocenters. The normalized spacial score (nSPS) is 16.5. The SMILES string of the molecule is Cc1ncsc1C(=O)N1CCOC(c2cc(C(=O)N(C)CCO)c3ccccc3n2)C1. The Morgan fingerprint density at radius 2 is 2.16 bits per heavy atom. The molecular weight excluding hydrogens is 416 g/mol. The first-order valence-electron chi connectivity index (χ1n) is 10.1. The second kappa shape index (κ2) is 9.09. The molecule has 8 nitrogen and oxygen atoms in total. The summed E-state index contributed by atoms with van der Waals surface area (Å²) in [6, 6.07) is 9.19. The number of amides is 2. The predicted octanol–water partition coefficient (Wildman–Crippen LogP) is 2.28. The number of thiazole rings is 1. The second-order valence-electron chi connectivity index (χ2n) is 7.44. The lowest BCUT2D eigenvalue weighted by molar-refractivity contribution is -0.0245. The summed E-state index contributed by atoms with van der Waals surface area (Å²) in [6.07, 6.45) is -0.440. The number of para-hydroxylation sites is 1. The number of aromatic nitrogens is 2. The highest BCUT2D eigenvalue weighted by Gasteiger charge is 2.29. The van der Waals surface area contributed by atoms with E-state index >= 15 is 0 Å². The van der Waals surface area contributed by atoms with Crippen LogP contribution in [0.25, 0.3) is 10.9 Å². The molecule has 4 rings (SSSR count). The number of carbonyl (C=O) groups excluding carboxylic acids is 2. The highest BCUT2D eigenvalue weighted by molar-refractivity contribution is 7.11. The average Bonchev–Trinajstić information content (AvgIpc) is 3.23. The van der Waals surface area contributed by atoms with Crippen molar-refractivity contribution in [1.82, 2.24) is 19.8 Å². The van der Waals surface area contributed by atoms with Gasteiger partial charge in [0.15, 0.2) is 0 Å². The molecule has 0 bridgehead atoms. The minimum absolute atomic E-state index is 0.0620. The van der Waals surface area contributed by atoms with Crippen LogP contribution in [0.5, 0.6) is 0 Å². The molecule has 0 spiro atoms. The van der Waals surface area contributed by atoms with Crippen molar-refractivity contribution in [3.05, 3.63) is 57.7 Å². The Kier molecular flexibility index (Phi) is 6.26. The fraction of sp³-hybridized carbons (Fsp3) is 0.364. The molecule has 31 heavy (non-hydrogen) atoms. The van der Waals surface area contributed by atoms with E-state index in [0.29, 0.717) is 41.3 Å². The Morgan fingerprint density at radius 1 is 1.35 bits per heavy atom. The summed E-state index contributed by atoms with van der Waals surface area (Å²) < 4.78 is 5.95. The summed E-state index contributed by atoms with van der Waals surface area (Å²) in [5, 5.41) is 9.96. The Hall–Kier alpha value is -2.88. The Morgan fingerprint density at radius 3 is 2.90 bits per heavy atom. The van der Waals surface area contributed by atoms with Gasteiger partial charge in [0.05, 0.1) is 47.7 Å². The third-order valence-electron chi connectivity index (χ3n) is 5.37. The van der Waals surface area contributed by atoms with Crippen LogP contribution in [0.2, 0.25) is 0 Å². The summed E-state index contributed by atoms with van der Waals surface area (Å²) in [7, 11) is 1.66. The molecule has 9 heteroatoms. The molecule has 1 saturated heterocycles. The fourth-order valence-corrected chi connectivity index (χ4v) is 4.43. The molecule has 1 N–H and O–H groups in total. The van der Waals surface area contributed by atoms with Crippen LogP contribution in [0.1, 0.15) is 37.5 Å². The lowest BCUT2D eigenvalue weighted by Crippen LogP contribution is -2.42. The zero-order valence-electron chi connectivity index (χ0n) is 17.4. The minimum Gasteiger partial charge on any atom is -0.395 e. The average molecular weight is 441 g/mol. The zero-order chi connectivity index (χ0) is 22.0. The van der Waals surface area contributed by atoms with Crippen LogP contribution in [0, 0.1) is 6.92 Å². The first-order chi connectivity index (χ1) is 15.0. The van der Waals surface area contributed by atoms with E-state index < -0.39 is 6.10 Å². The van der Waals surface area contributed by atoms with Crippen molar-refractivity contribution in [1.29, 1.82) is 0 Å². The van der Waals surface area contributed by atoms with Gasteiger partial charge < -0.3 is 19.6 Å². The van der Waals surface area contributed by atoms with E-state index in [4.69, 9.17) is 9.72 Å². The Labute approximate surface area is 184 Å². The maximum absolute atomic E-state index is 13.0. The Balaban J connectivity index is 1.66. The van der Waals surface area contributed by atoms with Crippen LogP contribution < -0.4 is 0 Å². The summed E-state index contributed by atoms with van der Waals surface area (Å²) in [5.74, 6) is -0.258. The molecule has 3 aromatic rings. The van der Waals surface area contributed by atoms with Gasteiger partial charge in [-0.1, -0.05) is 18.2 Å². The van der Waals surface area contributed by atoms with Gasteiger partial charge in [-0.3, -0.25) is 9.59 Å². The van der Waals surface area contributed by atoms with Crippen molar-refractivity contribution in [3.63, 3.8) is 0 Å². The van der Waals surface area contributed by atoms with Crippen LogP contribution in [0.3, 0.4) is 0 Å². The largest absolute Gasteiger partial charge is 0.395 e. The van der Waals surface area contributed by atoms with Crippen LogP contribution in [-0.2, 0) is 4.74 Å².